The molecule has 0 fully saturated rings. The summed E-state index contributed by atoms with van der Waals surface area (Å²) in [6.45, 7) is 1.59. The van der Waals surface area contributed by atoms with Crippen LogP contribution in [0, 0.1) is 0 Å². The molecule has 0 atom stereocenters. The summed E-state index contributed by atoms with van der Waals surface area (Å²) in [6.07, 6.45) is 0.362. The van der Waals surface area contributed by atoms with Gasteiger partial charge in [0.05, 0.1) is 22.7 Å². The van der Waals surface area contributed by atoms with Gasteiger partial charge in [0.15, 0.2) is 0 Å². The molecule has 0 spiro atoms. The SMILES string of the molecule is CCS(=O)(=O)Nc1ccccc1Cc1nc(-c2cccs2)no1. The van der Waals surface area contributed by atoms with Crippen LogP contribution in [0.1, 0.15) is 18.4 Å². The molecule has 0 saturated carbocycles. The lowest BCUT2D eigenvalue weighted by Crippen LogP contribution is -2.15. The lowest BCUT2D eigenvalue weighted by Gasteiger charge is -2.10. The smallest absolute Gasteiger partial charge is 0.232 e. The molecule has 0 radical (unpaired) electrons. The lowest BCUT2D eigenvalue weighted by atomic mass is 10.1. The molecule has 1 N–H and O–H groups in total. The van der Waals surface area contributed by atoms with Crippen molar-refractivity contribution in [1.29, 1.82) is 0 Å². The van der Waals surface area contributed by atoms with Crippen LogP contribution in [-0.4, -0.2) is 24.3 Å². The number of nitrogens with zero attached hydrogens (tertiary/aromatic N) is 2. The molecule has 1 aromatic carbocycles. The van der Waals surface area contributed by atoms with Crippen LogP contribution in [-0.2, 0) is 16.4 Å². The Morgan fingerprint density at radius 1 is 1.22 bits per heavy atom. The Hall–Kier alpha value is -2.19. The van der Waals surface area contributed by atoms with Gasteiger partial charge in [-0.05, 0) is 30.0 Å². The minimum Gasteiger partial charge on any atom is -0.339 e. The molecular formula is C15H15N3O3S2. The van der Waals surface area contributed by atoms with Crippen molar-refractivity contribution < 1.29 is 12.9 Å². The molecule has 0 unspecified atom stereocenters. The van der Waals surface area contributed by atoms with E-state index in [9.17, 15) is 8.42 Å². The Bertz CT molecular complexity index is 886. The molecule has 2 heterocycles. The van der Waals surface area contributed by atoms with Crippen LogP contribution < -0.4 is 4.72 Å². The van der Waals surface area contributed by atoms with Gasteiger partial charge in [0.1, 0.15) is 0 Å². The first kappa shape index (κ1) is 15.7. The second-order valence-corrected chi connectivity index (χ2v) is 7.79. The summed E-state index contributed by atoms with van der Waals surface area (Å²) in [4.78, 5) is 5.29. The summed E-state index contributed by atoms with van der Waals surface area (Å²) in [5.74, 6) is 1.00. The molecule has 0 saturated heterocycles. The van der Waals surface area contributed by atoms with Crippen molar-refractivity contribution in [2.75, 3.05) is 10.5 Å². The Morgan fingerprint density at radius 3 is 2.78 bits per heavy atom. The van der Waals surface area contributed by atoms with E-state index in [-0.39, 0.29) is 5.75 Å². The molecule has 3 aromatic rings. The van der Waals surface area contributed by atoms with Crippen molar-refractivity contribution in [2.45, 2.75) is 13.3 Å². The number of hydrogen-bond acceptors (Lipinski definition) is 6. The van der Waals surface area contributed by atoms with Gasteiger partial charge in [0, 0.05) is 0 Å². The average Bonchev–Trinajstić information content (AvgIpc) is 3.20. The van der Waals surface area contributed by atoms with E-state index in [1.54, 1.807) is 19.1 Å². The summed E-state index contributed by atoms with van der Waals surface area (Å²) in [5.41, 5.74) is 1.32. The number of aromatic nitrogens is 2. The van der Waals surface area contributed by atoms with Crippen LogP contribution in [0.5, 0.6) is 0 Å². The molecular weight excluding hydrogens is 334 g/mol. The molecule has 0 amide bonds. The van der Waals surface area contributed by atoms with Crippen molar-refractivity contribution in [2.24, 2.45) is 0 Å². The van der Waals surface area contributed by atoms with Crippen LogP contribution in [0.3, 0.4) is 0 Å². The van der Waals surface area contributed by atoms with Gasteiger partial charge in [-0.3, -0.25) is 4.72 Å². The van der Waals surface area contributed by atoms with Crippen LogP contribution in [0.25, 0.3) is 10.7 Å². The fourth-order valence-electron chi connectivity index (χ4n) is 2.01. The number of nitrogens with one attached hydrogen (secondary N) is 1. The summed E-state index contributed by atoms with van der Waals surface area (Å²) in [5, 5.41) is 5.91. The number of anilines is 1. The third-order valence-corrected chi connectivity index (χ3v) is 5.37. The molecule has 0 aliphatic heterocycles. The summed E-state index contributed by atoms with van der Waals surface area (Å²) in [7, 11) is -3.33. The van der Waals surface area contributed by atoms with E-state index in [1.807, 2.05) is 29.6 Å². The first-order chi connectivity index (χ1) is 11.1. The highest BCUT2D eigenvalue weighted by atomic mass is 32.2. The quantitative estimate of drug-likeness (QED) is 0.739. The van der Waals surface area contributed by atoms with E-state index < -0.39 is 10.0 Å². The molecule has 8 heteroatoms. The van der Waals surface area contributed by atoms with E-state index in [0.717, 1.165) is 10.4 Å². The second kappa shape index (κ2) is 6.51. The number of benzene rings is 1. The third kappa shape index (κ3) is 3.77. The molecule has 0 bridgehead atoms. The highest BCUT2D eigenvalue weighted by Crippen LogP contribution is 2.24. The summed E-state index contributed by atoms with van der Waals surface area (Å²) < 4.78 is 31.4. The molecule has 120 valence electrons. The molecule has 2 aromatic heterocycles. The number of para-hydroxylation sites is 1. The van der Waals surface area contributed by atoms with Gasteiger partial charge < -0.3 is 4.52 Å². The Labute approximate surface area is 138 Å². The maximum Gasteiger partial charge on any atom is 0.232 e. The standard InChI is InChI=1S/C15H15N3O3S2/c1-2-23(19,20)18-12-7-4-3-6-11(12)10-14-16-15(17-21-14)13-8-5-9-22-13/h3-9,18H,2,10H2,1H3. The van der Waals surface area contributed by atoms with E-state index in [1.165, 1.54) is 11.3 Å². The highest BCUT2D eigenvalue weighted by molar-refractivity contribution is 7.92. The zero-order valence-corrected chi connectivity index (χ0v) is 14.0. The van der Waals surface area contributed by atoms with Gasteiger partial charge in [-0.2, -0.15) is 4.98 Å². The summed E-state index contributed by atoms with van der Waals surface area (Å²) >= 11 is 1.53. The van der Waals surface area contributed by atoms with Crippen molar-refractivity contribution in [3.05, 3.63) is 53.2 Å². The van der Waals surface area contributed by atoms with E-state index >= 15 is 0 Å². The van der Waals surface area contributed by atoms with Gasteiger partial charge in [-0.25, -0.2) is 8.42 Å². The minimum atomic E-state index is -3.33. The van der Waals surface area contributed by atoms with Crippen molar-refractivity contribution in [3.63, 3.8) is 0 Å². The predicted molar refractivity (Wildman–Crippen MR) is 89.9 cm³/mol. The monoisotopic (exact) mass is 349 g/mol. The fourth-order valence-corrected chi connectivity index (χ4v) is 3.34. The normalized spacial score (nSPS) is 11.5. The van der Waals surface area contributed by atoms with E-state index in [2.05, 4.69) is 14.9 Å². The topological polar surface area (TPSA) is 85.1 Å². The Morgan fingerprint density at radius 2 is 2.04 bits per heavy atom. The van der Waals surface area contributed by atoms with Gasteiger partial charge in [0.25, 0.3) is 0 Å². The Balaban J connectivity index is 1.83. The molecule has 3 rings (SSSR count). The average molecular weight is 349 g/mol. The minimum absolute atomic E-state index is 0.0183. The predicted octanol–water partition coefficient (Wildman–Crippen LogP) is 3.15. The van der Waals surface area contributed by atoms with Gasteiger partial charge in [0.2, 0.25) is 21.7 Å². The lowest BCUT2D eigenvalue weighted by molar-refractivity contribution is 0.386. The van der Waals surface area contributed by atoms with Crippen LogP contribution in [0.15, 0.2) is 46.3 Å². The third-order valence-electron chi connectivity index (χ3n) is 3.21. The van der Waals surface area contributed by atoms with Crippen LogP contribution >= 0.6 is 11.3 Å². The van der Waals surface area contributed by atoms with E-state index in [4.69, 9.17) is 4.52 Å². The van der Waals surface area contributed by atoms with Gasteiger partial charge in [-0.15, -0.1) is 11.3 Å². The van der Waals surface area contributed by atoms with Gasteiger partial charge in [-0.1, -0.05) is 29.4 Å². The number of rotatable bonds is 6. The van der Waals surface area contributed by atoms with E-state index in [0.29, 0.717) is 23.8 Å². The Kier molecular flexibility index (Phi) is 4.44. The maximum absolute atomic E-state index is 11.8. The number of thiophene rings is 1. The fraction of sp³-hybridized carbons (Fsp3) is 0.200. The van der Waals surface area contributed by atoms with Crippen LogP contribution in [0.4, 0.5) is 5.69 Å². The van der Waals surface area contributed by atoms with Gasteiger partial charge >= 0.3 is 0 Å². The van der Waals surface area contributed by atoms with Crippen molar-refractivity contribution in [1.82, 2.24) is 10.1 Å². The first-order valence-electron chi connectivity index (χ1n) is 7.02. The first-order valence-corrected chi connectivity index (χ1v) is 9.55. The van der Waals surface area contributed by atoms with Crippen molar-refractivity contribution in [3.8, 4) is 10.7 Å². The maximum atomic E-state index is 11.8. The largest absolute Gasteiger partial charge is 0.339 e. The molecule has 0 aliphatic rings. The zero-order valence-electron chi connectivity index (χ0n) is 12.4. The molecule has 6 nitrogen and oxygen atoms in total. The number of hydrogen-bond donors (Lipinski definition) is 1. The molecule has 23 heavy (non-hydrogen) atoms. The number of sulfonamides is 1. The second-order valence-electron chi connectivity index (χ2n) is 4.83. The summed E-state index contributed by atoms with van der Waals surface area (Å²) in [6, 6.07) is 11.0. The van der Waals surface area contributed by atoms with Crippen molar-refractivity contribution >= 4 is 27.0 Å². The van der Waals surface area contributed by atoms with Crippen LogP contribution in [0.2, 0.25) is 0 Å². The highest BCUT2D eigenvalue weighted by Gasteiger charge is 2.14. The zero-order chi connectivity index (χ0) is 16.3. The molecule has 0 aliphatic carbocycles.